The highest BCUT2D eigenvalue weighted by atomic mass is 15.1. The Hall–Kier alpha value is -1.84. The van der Waals surface area contributed by atoms with Crippen molar-refractivity contribution in [2.75, 3.05) is 19.0 Å². The second-order valence-electron chi connectivity index (χ2n) is 3.61. The predicted molar refractivity (Wildman–Crippen MR) is 60.4 cm³/mol. The molecule has 0 fully saturated rings. The Bertz CT molecular complexity index is 442. The van der Waals surface area contributed by atoms with Crippen LogP contribution in [-0.2, 0) is 0 Å². The summed E-state index contributed by atoms with van der Waals surface area (Å²) < 4.78 is 2.01. The highest BCUT2D eigenvalue weighted by molar-refractivity contribution is 5.42. The highest BCUT2D eigenvalue weighted by Crippen LogP contribution is 2.12. The molecular weight excluding hydrogens is 188 g/mol. The van der Waals surface area contributed by atoms with Crippen LogP contribution in [0.4, 0.5) is 5.82 Å². The zero-order chi connectivity index (χ0) is 10.8. The minimum absolute atomic E-state index is 0.955. The van der Waals surface area contributed by atoms with Crippen molar-refractivity contribution in [3.8, 4) is 5.69 Å². The number of rotatable bonds is 2. The van der Waals surface area contributed by atoms with Crippen molar-refractivity contribution in [3.63, 3.8) is 0 Å². The first-order valence-corrected chi connectivity index (χ1v) is 4.82. The number of hydrogen-bond donors (Lipinski definition) is 0. The Balaban J connectivity index is 2.36. The fraction of sp³-hybridized carbons (Fsp3) is 0.273. The summed E-state index contributed by atoms with van der Waals surface area (Å²) in [7, 11) is 3.95. The van der Waals surface area contributed by atoms with Gasteiger partial charge in [-0.3, -0.25) is 0 Å². The number of anilines is 1. The van der Waals surface area contributed by atoms with E-state index in [1.165, 1.54) is 0 Å². The van der Waals surface area contributed by atoms with Crippen LogP contribution in [0.15, 0.2) is 30.7 Å². The molecule has 4 heteroatoms. The molecule has 0 aliphatic rings. The van der Waals surface area contributed by atoms with Crippen LogP contribution in [0.5, 0.6) is 0 Å². The minimum Gasteiger partial charge on any atom is -0.363 e. The van der Waals surface area contributed by atoms with Crippen molar-refractivity contribution in [2.45, 2.75) is 6.92 Å². The van der Waals surface area contributed by atoms with E-state index in [0.717, 1.165) is 17.3 Å². The quantitative estimate of drug-likeness (QED) is 0.742. The molecule has 78 valence electrons. The van der Waals surface area contributed by atoms with Gasteiger partial charge in [0.25, 0.3) is 0 Å². The molecule has 0 saturated heterocycles. The molecule has 0 unspecified atom stereocenters. The molecule has 2 aromatic heterocycles. The van der Waals surface area contributed by atoms with Gasteiger partial charge in [0.2, 0.25) is 0 Å². The van der Waals surface area contributed by atoms with Crippen LogP contribution in [0.3, 0.4) is 0 Å². The number of aromatic nitrogens is 3. The van der Waals surface area contributed by atoms with Gasteiger partial charge >= 0.3 is 0 Å². The molecule has 0 aliphatic heterocycles. The zero-order valence-electron chi connectivity index (χ0n) is 9.18. The first kappa shape index (κ1) is 9.71. The maximum absolute atomic E-state index is 4.35. The Morgan fingerprint density at radius 1 is 1.20 bits per heavy atom. The van der Waals surface area contributed by atoms with E-state index in [9.17, 15) is 0 Å². The summed E-state index contributed by atoms with van der Waals surface area (Å²) in [5.41, 5.74) is 1.04. The summed E-state index contributed by atoms with van der Waals surface area (Å²) >= 11 is 0. The first-order valence-electron chi connectivity index (χ1n) is 4.82. The van der Waals surface area contributed by atoms with Gasteiger partial charge in [0.05, 0.1) is 11.9 Å². The van der Waals surface area contributed by atoms with Crippen LogP contribution < -0.4 is 4.90 Å². The van der Waals surface area contributed by atoms with Gasteiger partial charge < -0.3 is 9.47 Å². The van der Waals surface area contributed by atoms with E-state index in [1.807, 2.05) is 55.0 Å². The molecule has 4 nitrogen and oxygen atoms in total. The Morgan fingerprint density at radius 3 is 2.47 bits per heavy atom. The molecule has 0 bridgehead atoms. The molecule has 0 amide bonds. The molecule has 0 aliphatic carbocycles. The van der Waals surface area contributed by atoms with Gasteiger partial charge in [-0.1, -0.05) is 0 Å². The third-order valence-corrected chi connectivity index (χ3v) is 2.29. The fourth-order valence-corrected chi connectivity index (χ4v) is 1.44. The fourth-order valence-electron chi connectivity index (χ4n) is 1.44. The first-order chi connectivity index (χ1) is 7.18. The van der Waals surface area contributed by atoms with E-state index < -0.39 is 0 Å². The number of hydrogen-bond acceptors (Lipinski definition) is 3. The monoisotopic (exact) mass is 202 g/mol. The maximum Gasteiger partial charge on any atom is 0.128 e. The van der Waals surface area contributed by atoms with Crippen LogP contribution in [0.25, 0.3) is 5.69 Å². The van der Waals surface area contributed by atoms with E-state index in [4.69, 9.17) is 0 Å². The number of aryl methyl sites for hydroxylation is 1. The Labute approximate surface area is 89.2 Å². The molecule has 0 aromatic carbocycles. The molecule has 0 radical (unpaired) electrons. The molecule has 0 spiro atoms. The number of pyridine rings is 1. The number of nitrogens with zero attached hydrogens (tertiary/aromatic N) is 4. The second kappa shape index (κ2) is 3.73. The van der Waals surface area contributed by atoms with E-state index in [2.05, 4.69) is 9.97 Å². The summed E-state index contributed by atoms with van der Waals surface area (Å²) in [4.78, 5) is 10.5. The lowest BCUT2D eigenvalue weighted by Gasteiger charge is -2.11. The van der Waals surface area contributed by atoms with Gasteiger partial charge in [0, 0.05) is 26.5 Å². The van der Waals surface area contributed by atoms with E-state index in [-0.39, 0.29) is 0 Å². The van der Waals surface area contributed by atoms with Crippen LogP contribution in [0.1, 0.15) is 5.82 Å². The van der Waals surface area contributed by atoms with Crippen molar-refractivity contribution >= 4 is 5.82 Å². The lowest BCUT2D eigenvalue weighted by Crippen LogP contribution is -2.10. The van der Waals surface area contributed by atoms with Crippen molar-refractivity contribution in [2.24, 2.45) is 0 Å². The number of imidazole rings is 1. The summed E-state index contributed by atoms with van der Waals surface area (Å²) in [5, 5.41) is 0. The van der Waals surface area contributed by atoms with E-state index >= 15 is 0 Å². The maximum atomic E-state index is 4.35. The Kier molecular flexibility index (Phi) is 2.41. The normalized spacial score (nSPS) is 10.3. The van der Waals surface area contributed by atoms with Gasteiger partial charge in [-0.25, -0.2) is 9.97 Å². The average Bonchev–Trinajstić information content (AvgIpc) is 2.65. The standard InChI is InChI=1S/C11H14N4/c1-9-12-6-7-15(9)10-4-5-11(13-8-10)14(2)3/h4-8H,1-3H3. The SMILES string of the molecule is Cc1nccn1-c1ccc(N(C)C)nc1. The topological polar surface area (TPSA) is 34.0 Å². The van der Waals surface area contributed by atoms with Gasteiger partial charge in [0.15, 0.2) is 0 Å². The van der Waals surface area contributed by atoms with Crippen molar-refractivity contribution in [1.29, 1.82) is 0 Å². The molecule has 0 atom stereocenters. The molecule has 2 aromatic rings. The van der Waals surface area contributed by atoms with Crippen LogP contribution >= 0.6 is 0 Å². The summed E-state index contributed by atoms with van der Waals surface area (Å²) in [5.74, 6) is 1.92. The molecule has 2 heterocycles. The van der Waals surface area contributed by atoms with Crippen LogP contribution in [-0.4, -0.2) is 28.6 Å². The zero-order valence-corrected chi connectivity index (χ0v) is 9.18. The van der Waals surface area contributed by atoms with Crippen molar-refractivity contribution in [3.05, 3.63) is 36.5 Å². The molecule has 0 saturated carbocycles. The van der Waals surface area contributed by atoms with Crippen molar-refractivity contribution in [1.82, 2.24) is 14.5 Å². The molecular formula is C11H14N4. The largest absolute Gasteiger partial charge is 0.363 e. The van der Waals surface area contributed by atoms with Crippen molar-refractivity contribution < 1.29 is 0 Å². The predicted octanol–water partition coefficient (Wildman–Crippen LogP) is 1.64. The highest BCUT2D eigenvalue weighted by Gasteiger charge is 2.01. The molecule has 0 N–H and O–H groups in total. The third-order valence-electron chi connectivity index (χ3n) is 2.29. The summed E-state index contributed by atoms with van der Waals surface area (Å²) in [6, 6.07) is 4.03. The smallest absolute Gasteiger partial charge is 0.128 e. The Morgan fingerprint density at radius 2 is 2.00 bits per heavy atom. The van der Waals surface area contributed by atoms with Crippen LogP contribution in [0.2, 0.25) is 0 Å². The van der Waals surface area contributed by atoms with Gasteiger partial charge in [-0.2, -0.15) is 0 Å². The minimum atomic E-state index is 0.955. The van der Waals surface area contributed by atoms with Gasteiger partial charge in [-0.15, -0.1) is 0 Å². The third kappa shape index (κ3) is 1.83. The van der Waals surface area contributed by atoms with E-state index in [1.54, 1.807) is 6.20 Å². The lowest BCUT2D eigenvalue weighted by atomic mass is 10.4. The molecule has 2 rings (SSSR count). The summed E-state index contributed by atoms with van der Waals surface area (Å²) in [6.45, 7) is 1.97. The average molecular weight is 202 g/mol. The lowest BCUT2D eigenvalue weighted by molar-refractivity contribution is 0.958. The summed E-state index contributed by atoms with van der Waals surface area (Å²) in [6.07, 6.45) is 5.57. The van der Waals surface area contributed by atoms with Crippen LogP contribution in [0, 0.1) is 6.92 Å². The van der Waals surface area contributed by atoms with E-state index in [0.29, 0.717) is 0 Å². The van der Waals surface area contributed by atoms with Gasteiger partial charge in [-0.05, 0) is 19.1 Å². The van der Waals surface area contributed by atoms with Gasteiger partial charge in [0.1, 0.15) is 11.6 Å². The second-order valence-corrected chi connectivity index (χ2v) is 3.61. The molecule has 15 heavy (non-hydrogen) atoms.